The molecule has 0 unspecified atom stereocenters. The minimum Gasteiger partial charge on any atom is -0.497 e. The average molecular weight is 285 g/mol. The summed E-state index contributed by atoms with van der Waals surface area (Å²) in [6, 6.07) is 5.13. The van der Waals surface area contributed by atoms with Gasteiger partial charge in [0, 0.05) is 12.1 Å². The van der Waals surface area contributed by atoms with E-state index in [-0.39, 0.29) is 5.75 Å². The largest absolute Gasteiger partial charge is 0.497 e. The van der Waals surface area contributed by atoms with E-state index in [1.54, 1.807) is 19.2 Å². The van der Waals surface area contributed by atoms with E-state index < -0.39 is 6.61 Å². The molecule has 1 aliphatic rings. The lowest BCUT2D eigenvalue weighted by Crippen LogP contribution is -2.38. The number of anilines is 1. The highest BCUT2D eigenvalue weighted by molar-refractivity contribution is 5.60. The number of nitrogens with one attached hydrogen (secondary N) is 1. The molecular weight excluding hydrogens is 264 g/mol. The third kappa shape index (κ3) is 3.52. The van der Waals surface area contributed by atoms with Gasteiger partial charge in [-0.25, -0.2) is 0 Å². The summed E-state index contributed by atoms with van der Waals surface area (Å²) in [5.41, 5.74) is 0.567. The van der Waals surface area contributed by atoms with Crippen LogP contribution in [-0.2, 0) is 0 Å². The number of hydrogen-bond acceptors (Lipinski definition) is 3. The molecule has 5 heteroatoms. The van der Waals surface area contributed by atoms with Crippen LogP contribution >= 0.6 is 0 Å². The average Bonchev–Trinajstić information content (AvgIpc) is 2.33. The number of ether oxygens (including phenoxy) is 2. The van der Waals surface area contributed by atoms with Gasteiger partial charge >= 0.3 is 6.61 Å². The van der Waals surface area contributed by atoms with Gasteiger partial charge in [-0.2, -0.15) is 8.78 Å². The molecule has 1 aromatic rings. The zero-order valence-electron chi connectivity index (χ0n) is 12.0. The first-order chi connectivity index (χ1) is 9.49. The van der Waals surface area contributed by atoms with Gasteiger partial charge in [-0.1, -0.05) is 13.8 Å². The topological polar surface area (TPSA) is 30.5 Å². The van der Waals surface area contributed by atoms with Crippen LogP contribution < -0.4 is 14.8 Å². The quantitative estimate of drug-likeness (QED) is 0.852. The summed E-state index contributed by atoms with van der Waals surface area (Å²) in [6.45, 7) is 1.59. The lowest BCUT2D eigenvalue weighted by atomic mass is 9.73. The van der Waals surface area contributed by atoms with Crippen LogP contribution in [0.25, 0.3) is 0 Å². The molecular formula is C15H21F2NO2. The third-order valence-electron chi connectivity index (χ3n) is 3.88. The van der Waals surface area contributed by atoms with Crippen molar-refractivity contribution in [1.29, 1.82) is 0 Å². The Morgan fingerprint density at radius 1 is 1.25 bits per heavy atom. The van der Waals surface area contributed by atoms with Gasteiger partial charge < -0.3 is 14.8 Å². The Balaban J connectivity index is 2.05. The van der Waals surface area contributed by atoms with Gasteiger partial charge in [0.1, 0.15) is 11.5 Å². The van der Waals surface area contributed by atoms with Crippen LogP contribution in [0.3, 0.4) is 0 Å². The number of methoxy groups -OCH3 is 1. The van der Waals surface area contributed by atoms with E-state index in [4.69, 9.17) is 4.74 Å². The maximum Gasteiger partial charge on any atom is 0.387 e. The van der Waals surface area contributed by atoms with E-state index >= 15 is 0 Å². The van der Waals surface area contributed by atoms with Gasteiger partial charge in [0.05, 0.1) is 12.8 Å². The van der Waals surface area contributed by atoms with Crippen LogP contribution in [0.2, 0.25) is 0 Å². The van der Waals surface area contributed by atoms with Crippen LogP contribution in [-0.4, -0.2) is 19.8 Å². The van der Waals surface area contributed by atoms with Crippen molar-refractivity contribution in [2.45, 2.75) is 39.3 Å². The van der Waals surface area contributed by atoms with E-state index in [0.29, 0.717) is 29.3 Å². The minimum absolute atomic E-state index is 0.161. The molecule has 0 amide bonds. The van der Waals surface area contributed by atoms with Crippen molar-refractivity contribution in [3.05, 3.63) is 18.2 Å². The molecule has 2 rings (SSSR count). The number of benzene rings is 1. The highest BCUT2D eigenvalue weighted by atomic mass is 19.3. The highest BCUT2D eigenvalue weighted by Gasteiger charge is 2.31. The predicted octanol–water partition coefficient (Wildman–Crippen LogP) is 4.14. The molecule has 0 bridgehead atoms. The Labute approximate surface area is 118 Å². The normalized spacial score (nSPS) is 21.8. The van der Waals surface area contributed by atoms with Crippen LogP contribution in [0, 0.1) is 11.8 Å². The van der Waals surface area contributed by atoms with Gasteiger partial charge in [0.25, 0.3) is 0 Å². The van der Waals surface area contributed by atoms with Gasteiger partial charge in [0.15, 0.2) is 0 Å². The molecule has 1 saturated carbocycles. The third-order valence-corrected chi connectivity index (χ3v) is 3.88. The molecule has 1 N–H and O–H groups in total. The van der Waals surface area contributed by atoms with E-state index in [1.807, 2.05) is 0 Å². The molecule has 0 atom stereocenters. The van der Waals surface area contributed by atoms with Crippen molar-refractivity contribution >= 4 is 5.69 Å². The predicted molar refractivity (Wildman–Crippen MR) is 74.6 cm³/mol. The highest BCUT2D eigenvalue weighted by Crippen LogP contribution is 2.38. The molecule has 112 valence electrons. The zero-order valence-corrected chi connectivity index (χ0v) is 12.0. The summed E-state index contributed by atoms with van der Waals surface area (Å²) in [6.07, 6.45) is 2.12. The fourth-order valence-corrected chi connectivity index (χ4v) is 2.49. The monoisotopic (exact) mass is 285 g/mol. The molecule has 0 spiro atoms. The molecule has 0 aliphatic heterocycles. The molecule has 3 nitrogen and oxygen atoms in total. The smallest absolute Gasteiger partial charge is 0.387 e. The molecule has 0 radical (unpaired) electrons. The van der Waals surface area contributed by atoms with Crippen LogP contribution in [0.4, 0.5) is 14.5 Å². The van der Waals surface area contributed by atoms with Crippen molar-refractivity contribution in [2.75, 3.05) is 12.4 Å². The number of rotatable bonds is 6. The summed E-state index contributed by atoms with van der Waals surface area (Å²) < 4.78 is 34.5. The van der Waals surface area contributed by atoms with Crippen molar-refractivity contribution in [2.24, 2.45) is 11.8 Å². The van der Waals surface area contributed by atoms with Crippen molar-refractivity contribution in [3.63, 3.8) is 0 Å². The second-order valence-electron chi connectivity index (χ2n) is 5.56. The Kier molecular flexibility index (Phi) is 4.68. The van der Waals surface area contributed by atoms with Crippen molar-refractivity contribution in [1.82, 2.24) is 0 Å². The van der Waals surface area contributed by atoms with E-state index in [1.165, 1.54) is 6.07 Å². The molecule has 1 fully saturated rings. The first kappa shape index (κ1) is 14.9. The van der Waals surface area contributed by atoms with Crippen molar-refractivity contribution in [3.8, 4) is 11.5 Å². The van der Waals surface area contributed by atoms with Gasteiger partial charge in [0.2, 0.25) is 0 Å². The summed E-state index contributed by atoms with van der Waals surface area (Å²) in [5.74, 6) is 2.15. The van der Waals surface area contributed by atoms with Crippen LogP contribution in [0.1, 0.15) is 26.7 Å². The first-order valence-corrected chi connectivity index (χ1v) is 6.89. The standard InChI is InChI=1S/C15H21F2NO2/c1-9(2)10-6-11(7-10)18-13-8-12(19-3)4-5-14(13)20-15(16)17/h4-5,8-11,15,18H,6-7H2,1-3H3. The maximum atomic E-state index is 12.4. The minimum atomic E-state index is -2.83. The maximum absolute atomic E-state index is 12.4. The fraction of sp³-hybridized carbons (Fsp3) is 0.600. The second kappa shape index (κ2) is 6.29. The number of hydrogen-bond donors (Lipinski definition) is 1. The summed E-state index contributed by atoms with van der Waals surface area (Å²) >= 11 is 0. The lowest BCUT2D eigenvalue weighted by Gasteiger charge is -2.39. The Hall–Kier alpha value is -1.52. The molecule has 0 saturated heterocycles. The van der Waals surface area contributed by atoms with Crippen LogP contribution in [0.15, 0.2) is 18.2 Å². The van der Waals surface area contributed by atoms with E-state index in [2.05, 4.69) is 23.9 Å². The van der Waals surface area contributed by atoms with Gasteiger partial charge in [-0.05, 0) is 36.8 Å². The van der Waals surface area contributed by atoms with Crippen molar-refractivity contribution < 1.29 is 18.3 Å². The second-order valence-corrected chi connectivity index (χ2v) is 5.56. The van der Waals surface area contributed by atoms with E-state index in [0.717, 1.165) is 12.8 Å². The molecule has 20 heavy (non-hydrogen) atoms. The van der Waals surface area contributed by atoms with Crippen LogP contribution in [0.5, 0.6) is 11.5 Å². The van der Waals surface area contributed by atoms with E-state index in [9.17, 15) is 8.78 Å². The molecule has 0 heterocycles. The first-order valence-electron chi connectivity index (χ1n) is 6.89. The molecule has 1 aliphatic carbocycles. The number of alkyl halides is 2. The summed E-state index contributed by atoms with van der Waals surface area (Å²) in [7, 11) is 1.55. The SMILES string of the molecule is COc1ccc(OC(F)F)c(NC2CC(C(C)C)C2)c1. The Morgan fingerprint density at radius 3 is 2.50 bits per heavy atom. The summed E-state index contributed by atoms with van der Waals surface area (Å²) in [4.78, 5) is 0. The zero-order chi connectivity index (χ0) is 14.7. The van der Waals surface area contributed by atoms with Gasteiger partial charge in [-0.3, -0.25) is 0 Å². The fourth-order valence-electron chi connectivity index (χ4n) is 2.49. The Morgan fingerprint density at radius 2 is 1.95 bits per heavy atom. The molecule has 1 aromatic carbocycles. The Bertz CT molecular complexity index is 445. The number of halogens is 2. The summed E-state index contributed by atoms with van der Waals surface area (Å²) in [5, 5.41) is 3.27. The van der Waals surface area contributed by atoms with Gasteiger partial charge in [-0.15, -0.1) is 0 Å². The molecule has 0 aromatic heterocycles. The lowest BCUT2D eigenvalue weighted by molar-refractivity contribution is -0.0494.